The van der Waals surface area contributed by atoms with Gasteiger partial charge in [-0.2, -0.15) is 0 Å². The van der Waals surface area contributed by atoms with Gasteiger partial charge in [0.05, 0.1) is 4.88 Å². The largest absolute Gasteiger partial charge is 0.398 e. The lowest BCUT2D eigenvalue weighted by Gasteiger charge is -1.96. The van der Waals surface area contributed by atoms with E-state index in [1.165, 1.54) is 22.7 Å². The summed E-state index contributed by atoms with van der Waals surface area (Å²) in [6, 6.07) is 1.68. The number of rotatable bonds is 3. The third-order valence-corrected chi connectivity index (χ3v) is 4.22. The van der Waals surface area contributed by atoms with Crippen molar-refractivity contribution in [3.63, 3.8) is 0 Å². The summed E-state index contributed by atoms with van der Waals surface area (Å²) in [4.78, 5) is 13.4. The van der Waals surface area contributed by atoms with Gasteiger partial charge in [0.15, 0.2) is 0 Å². The number of aromatic nitrogens is 2. The molecule has 0 fully saturated rings. The molecule has 0 bridgehead atoms. The van der Waals surface area contributed by atoms with E-state index in [9.17, 15) is 4.79 Å². The van der Waals surface area contributed by atoms with Crippen molar-refractivity contribution in [3.05, 3.63) is 20.8 Å². The Hall–Kier alpha value is -1.47. The highest BCUT2D eigenvalue weighted by molar-refractivity contribution is 7.16. The van der Waals surface area contributed by atoms with Crippen LogP contribution in [0.25, 0.3) is 0 Å². The van der Waals surface area contributed by atoms with Crippen molar-refractivity contribution in [2.45, 2.75) is 20.3 Å². The molecule has 3 N–H and O–H groups in total. The maximum atomic E-state index is 11.9. The number of nitrogens with one attached hydrogen (secondary N) is 1. The molecule has 0 spiro atoms. The molecule has 0 atom stereocenters. The smallest absolute Gasteiger partial charge is 0.267 e. The van der Waals surface area contributed by atoms with E-state index in [1.54, 1.807) is 6.07 Å². The number of thiophene rings is 1. The average molecular weight is 268 g/mol. The predicted molar refractivity (Wildman–Crippen MR) is 70.7 cm³/mol. The molecule has 2 heterocycles. The molecule has 0 radical (unpaired) electrons. The van der Waals surface area contributed by atoms with Gasteiger partial charge in [-0.15, -0.1) is 21.5 Å². The lowest BCUT2D eigenvalue weighted by molar-refractivity contribution is 0.103. The number of anilines is 2. The number of nitrogens with two attached hydrogens (primary N) is 1. The highest BCUT2D eigenvalue weighted by Crippen LogP contribution is 2.24. The van der Waals surface area contributed by atoms with Gasteiger partial charge in [-0.25, -0.2) is 0 Å². The van der Waals surface area contributed by atoms with Gasteiger partial charge in [0, 0.05) is 10.6 Å². The van der Waals surface area contributed by atoms with Crippen molar-refractivity contribution in [3.8, 4) is 0 Å². The summed E-state index contributed by atoms with van der Waals surface area (Å²) in [7, 11) is 0. The van der Waals surface area contributed by atoms with Crippen LogP contribution in [0, 0.1) is 6.92 Å². The van der Waals surface area contributed by atoms with Gasteiger partial charge in [0.2, 0.25) is 5.13 Å². The highest BCUT2D eigenvalue weighted by Gasteiger charge is 2.13. The molecular weight excluding hydrogens is 256 g/mol. The Morgan fingerprint density at radius 1 is 1.47 bits per heavy atom. The van der Waals surface area contributed by atoms with Crippen LogP contribution in [0.2, 0.25) is 0 Å². The van der Waals surface area contributed by atoms with Gasteiger partial charge < -0.3 is 5.73 Å². The number of aryl methyl sites for hydroxylation is 2. The maximum absolute atomic E-state index is 11.9. The van der Waals surface area contributed by atoms with E-state index in [0.29, 0.717) is 15.7 Å². The molecule has 2 aromatic heterocycles. The summed E-state index contributed by atoms with van der Waals surface area (Å²) in [5, 5.41) is 12.0. The van der Waals surface area contributed by atoms with Crippen molar-refractivity contribution in [1.82, 2.24) is 10.2 Å². The van der Waals surface area contributed by atoms with Crippen molar-refractivity contribution in [1.29, 1.82) is 0 Å². The molecule has 2 rings (SSSR count). The van der Waals surface area contributed by atoms with E-state index in [0.717, 1.165) is 16.3 Å². The van der Waals surface area contributed by atoms with Crippen LogP contribution in [0.4, 0.5) is 10.8 Å². The van der Waals surface area contributed by atoms with E-state index in [-0.39, 0.29) is 5.91 Å². The molecule has 2 aromatic rings. The van der Waals surface area contributed by atoms with Crippen molar-refractivity contribution in [2.75, 3.05) is 11.1 Å². The van der Waals surface area contributed by atoms with Crippen molar-refractivity contribution < 1.29 is 4.79 Å². The molecule has 0 saturated carbocycles. The number of nitrogens with zero attached hydrogens (tertiary/aromatic N) is 2. The summed E-state index contributed by atoms with van der Waals surface area (Å²) in [6.45, 7) is 3.88. The topological polar surface area (TPSA) is 80.9 Å². The zero-order valence-corrected chi connectivity index (χ0v) is 11.1. The fourth-order valence-electron chi connectivity index (χ4n) is 1.21. The lowest BCUT2D eigenvalue weighted by Crippen LogP contribution is -2.09. The number of amides is 1. The molecule has 0 aliphatic carbocycles. The van der Waals surface area contributed by atoms with Crippen molar-refractivity contribution in [2.24, 2.45) is 0 Å². The fraction of sp³-hybridized carbons (Fsp3) is 0.300. The Kier molecular flexibility index (Phi) is 3.39. The number of hydrogen-bond donors (Lipinski definition) is 2. The minimum Gasteiger partial charge on any atom is -0.398 e. The van der Waals surface area contributed by atoms with Crippen LogP contribution in [-0.4, -0.2) is 16.1 Å². The first-order valence-electron chi connectivity index (χ1n) is 5.09. The highest BCUT2D eigenvalue weighted by atomic mass is 32.1. The fourth-order valence-corrected chi connectivity index (χ4v) is 2.72. The van der Waals surface area contributed by atoms with E-state index in [1.807, 2.05) is 13.8 Å². The third kappa shape index (κ3) is 2.62. The summed E-state index contributed by atoms with van der Waals surface area (Å²) in [5.41, 5.74) is 6.35. The molecule has 90 valence electrons. The quantitative estimate of drug-likeness (QED) is 0.895. The Morgan fingerprint density at radius 3 is 2.76 bits per heavy atom. The van der Waals surface area contributed by atoms with Crippen LogP contribution in [0.1, 0.15) is 26.5 Å². The molecule has 1 amide bonds. The SMILES string of the molecule is CCc1nnc(NC(=O)c2cc(N)c(C)s2)s1. The first kappa shape index (κ1) is 12.0. The number of hydrogen-bond acceptors (Lipinski definition) is 6. The maximum Gasteiger partial charge on any atom is 0.267 e. The van der Waals surface area contributed by atoms with Gasteiger partial charge in [-0.3, -0.25) is 10.1 Å². The molecular formula is C10H12N4OS2. The first-order chi connectivity index (χ1) is 8.10. The number of carbonyl (C=O) groups excluding carboxylic acids is 1. The van der Waals surface area contributed by atoms with Crippen LogP contribution >= 0.6 is 22.7 Å². The van der Waals surface area contributed by atoms with Crippen molar-refractivity contribution >= 4 is 39.4 Å². The molecule has 0 saturated heterocycles. The predicted octanol–water partition coefficient (Wildman–Crippen LogP) is 2.30. The second-order valence-electron chi connectivity index (χ2n) is 3.43. The summed E-state index contributed by atoms with van der Waals surface area (Å²) >= 11 is 2.76. The number of carbonyl (C=O) groups is 1. The number of nitrogen functional groups attached to an aromatic ring is 1. The average Bonchev–Trinajstić information content (AvgIpc) is 2.87. The van der Waals surface area contributed by atoms with Crippen LogP contribution in [-0.2, 0) is 6.42 Å². The molecule has 0 aliphatic rings. The van der Waals surface area contributed by atoms with Gasteiger partial charge in [0.1, 0.15) is 5.01 Å². The van der Waals surface area contributed by atoms with Gasteiger partial charge in [-0.1, -0.05) is 18.3 Å². The molecule has 0 aliphatic heterocycles. The molecule has 17 heavy (non-hydrogen) atoms. The third-order valence-electron chi connectivity index (χ3n) is 2.17. The van der Waals surface area contributed by atoms with E-state index in [2.05, 4.69) is 15.5 Å². The molecule has 0 unspecified atom stereocenters. The minimum atomic E-state index is -0.186. The standard InChI is InChI=1S/C10H12N4OS2/c1-3-8-13-14-10(17-8)12-9(15)7-4-6(11)5(2)16-7/h4H,3,11H2,1-2H3,(H,12,14,15). The molecule has 0 aromatic carbocycles. The second-order valence-corrected chi connectivity index (χ2v) is 5.75. The summed E-state index contributed by atoms with van der Waals surface area (Å²) < 4.78 is 0. The van der Waals surface area contributed by atoms with E-state index in [4.69, 9.17) is 5.73 Å². The van der Waals surface area contributed by atoms with Crippen LogP contribution in [0.15, 0.2) is 6.07 Å². The zero-order valence-electron chi connectivity index (χ0n) is 9.48. The van der Waals surface area contributed by atoms with E-state index < -0.39 is 0 Å². The molecule has 5 nitrogen and oxygen atoms in total. The second kappa shape index (κ2) is 4.80. The monoisotopic (exact) mass is 268 g/mol. The van der Waals surface area contributed by atoms with Gasteiger partial charge >= 0.3 is 0 Å². The summed E-state index contributed by atoms with van der Waals surface area (Å²) in [5.74, 6) is -0.186. The Bertz CT molecular complexity index is 527. The van der Waals surface area contributed by atoms with Gasteiger partial charge in [-0.05, 0) is 19.4 Å². The first-order valence-corrected chi connectivity index (χ1v) is 6.73. The lowest BCUT2D eigenvalue weighted by atomic mass is 10.4. The van der Waals surface area contributed by atoms with E-state index >= 15 is 0 Å². The molecule has 7 heteroatoms. The normalized spacial score (nSPS) is 10.5. The zero-order chi connectivity index (χ0) is 12.4. The summed E-state index contributed by atoms with van der Waals surface area (Å²) in [6.07, 6.45) is 0.818. The van der Waals surface area contributed by atoms with Gasteiger partial charge in [0.25, 0.3) is 5.91 Å². The Balaban J connectivity index is 2.11. The minimum absolute atomic E-state index is 0.186. The Labute approximate surface area is 107 Å². The Morgan fingerprint density at radius 2 is 2.24 bits per heavy atom. The van der Waals surface area contributed by atoms with Crippen LogP contribution in [0.3, 0.4) is 0 Å². The van der Waals surface area contributed by atoms with Crippen LogP contribution in [0.5, 0.6) is 0 Å². The van der Waals surface area contributed by atoms with Crippen LogP contribution < -0.4 is 11.1 Å².